The maximum absolute atomic E-state index is 13.4. The van der Waals surface area contributed by atoms with Crippen molar-refractivity contribution in [1.29, 1.82) is 0 Å². The molecule has 1 saturated heterocycles. The first-order valence-electron chi connectivity index (χ1n) is 11.8. The molecule has 1 N–H and O–H groups in total. The van der Waals surface area contributed by atoms with E-state index in [0.717, 1.165) is 43.4 Å². The van der Waals surface area contributed by atoms with Crippen LogP contribution in [0.1, 0.15) is 37.5 Å². The summed E-state index contributed by atoms with van der Waals surface area (Å²) in [5.74, 6) is -0.162. The fraction of sp³-hybridized carbons (Fsp3) is 0.333. The predicted octanol–water partition coefficient (Wildman–Crippen LogP) is 3.88. The van der Waals surface area contributed by atoms with Crippen molar-refractivity contribution in [3.8, 4) is 0 Å². The minimum atomic E-state index is -0.162. The van der Waals surface area contributed by atoms with Gasteiger partial charge in [-0.3, -0.25) is 18.8 Å². The lowest BCUT2D eigenvalue weighted by atomic mass is 9.99. The van der Waals surface area contributed by atoms with Crippen LogP contribution in [0.5, 0.6) is 0 Å². The predicted molar refractivity (Wildman–Crippen MR) is 133 cm³/mol. The number of nitrogens with zero attached hydrogens (tertiary/aromatic N) is 3. The van der Waals surface area contributed by atoms with Crippen LogP contribution in [-0.2, 0) is 17.8 Å². The fourth-order valence-corrected chi connectivity index (χ4v) is 5.96. The minimum Gasteiger partial charge on any atom is -0.358 e. The van der Waals surface area contributed by atoms with Crippen LogP contribution in [0.25, 0.3) is 21.8 Å². The van der Waals surface area contributed by atoms with Gasteiger partial charge < -0.3 is 5.32 Å². The quantitative estimate of drug-likeness (QED) is 0.522. The summed E-state index contributed by atoms with van der Waals surface area (Å²) in [5, 5.41) is 5.39. The Bertz CT molecular complexity index is 1430. The summed E-state index contributed by atoms with van der Waals surface area (Å²) in [6.07, 6.45) is 2.92. The molecule has 0 radical (unpaired) electrons. The van der Waals surface area contributed by atoms with E-state index in [1.165, 1.54) is 21.9 Å². The normalized spacial score (nSPS) is 18.9. The summed E-state index contributed by atoms with van der Waals surface area (Å²) in [4.78, 5) is 28.0. The third-order valence-electron chi connectivity index (χ3n) is 7.55. The van der Waals surface area contributed by atoms with E-state index in [2.05, 4.69) is 46.6 Å². The average molecular weight is 443 g/mol. The second kappa shape index (κ2) is 7.89. The van der Waals surface area contributed by atoms with Crippen molar-refractivity contribution >= 4 is 27.7 Å². The maximum atomic E-state index is 13.4. The Morgan fingerprint density at radius 1 is 1.00 bits per heavy atom. The van der Waals surface area contributed by atoms with E-state index >= 15 is 0 Å². The number of likely N-dealkylation sites (tertiary alicyclic amines) is 1. The molecule has 1 atom stereocenters. The van der Waals surface area contributed by atoms with Crippen molar-refractivity contribution in [3.63, 3.8) is 0 Å². The van der Waals surface area contributed by atoms with Gasteiger partial charge in [0.05, 0.1) is 11.0 Å². The van der Waals surface area contributed by atoms with E-state index < -0.39 is 0 Å². The van der Waals surface area contributed by atoms with Gasteiger partial charge in [0.15, 0.2) is 0 Å². The number of fused-ring (bicyclic) bond motifs is 1. The molecule has 2 heterocycles. The van der Waals surface area contributed by atoms with E-state index in [0.29, 0.717) is 6.04 Å². The Balaban J connectivity index is 0.00000241. The number of hydrogen-bond donors (Lipinski definition) is 1. The van der Waals surface area contributed by atoms with Crippen molar-refractivity contribution in [3.05, 3.63) is 82.3 Å². The van der Waals surface area contributed by atoms with Crippen LogP contribution in [0.4, 0.5) is 0 Å². The first-order valence-corrected chi connectivity index (χ1v) is 11.8. The van der Waals surface area contributed by atoms with Gasteiger partial charge in [-0.1, -0.05) is 48.5 Å². The standard InChI is InChI=1S/C27H28N4O2.H2/c1-28-25(32)17-30-22-10-2-3-11-23(22)31(27(30)33)20-12-14-29(15-13-20)24-16-19-8-4-6-18-7-5-9-21(24)26(18)19;/h2-11,20,24H,12-17H2,1H3,(H,28,32);1H. The Morgan fingerprint density at radius 2 is 1.73 bits per heavy atom. The van der Waals surface area contributed by atoms with E-state index in [4.69, 9.17) is 0 Å². The molecule has 0 spiro atoms. The maximum Gasteiger partial charge on any atom is 0.329 e. The van der Waals surface area contributed by atoms with Gasteiger partial charge in [0.25, 0.3) is 0 Å². The summed E-state index contributed by atoms with van der Waals surface area (Å²) in [6.45, 7) is 1.97. The Hall–Kier alpha value is -3.38. The number of likely N-dealkylation sites (N-methyl/N-ethyl adjacent to an activating group) is 1. The van der Waals surface area contributed by atoms with Crippen LogP contribution < -0.4 is 11.0 Å². The van der Waals surface area contributed by atoms with Crippen LogP contribution in [-0.4, -0.2) is 40.1 Å². The molecule has 2 aliphatic rings. The highest BCUT2D eigenvalue weighted by atomic mass is 16.2. The number of benzene rings is 3. The van der Waals surface area contributed by atoms with E-state index in [-0.39, 0.29) is 25.6 Å². The van der Waals surface area contributed by atoms with Gasteiger partial charge in [0, 0.05) is 33.6 Å². The van der Waals surface area contributed by atoms with Gasteiger partial charge in [0.2, 0.25) is 5.91 Å². The van der Waals surface area contributed by atoms with E-state index in [9.17, 15) is 9.59 Å². The average Bonchev–Trinajstić information content (AvgIpc) is 3.36. The largest absolute Gasteiger partial charge is 0.358 e. The summed E-state index contributed by atoms with van der Waals surface area (Å²) < 4.78 is 3.54. The van der Waals surface area contributed by atoms with Gasteiger partial charge >= 0.3 is 5.69 Å². The molecule has 4 aromatic rings. The molecule has 1 aliphatic heterocycles. The Labute approximate surface area is 193 Å². The van der Waals surface area contributed by atoms with Crippen LogP contribution in [0, 0.1) is 0 Å². The molecule has 1 aliphatic carbocycles. The zero-order valence-corrected chi connectivity index (χ0v) is 18.8. The first kappa shape index (κ1) is 20.2. The molecule has 6 heteroatoms. The molecular formula is C27H30N4O2. The number of carbonyl (C=O) groups excluding carboxylic acids is 1. The molecule has 0 bridgehead atoms. The van der Waals surface area contributed by atoms with Gasteiger partial charge in [-0.2, -0.15) is 0 Å². The smallest absolute Gasteiger partial charge is 0.329 e. The highest BCUT2D eigenvalue weighted by molar-refractivity contribution is 5.91. The topological polar surface area (TPSA) is 59.3 Å². The molecule has 6 nitrogen and oxygen atoms in total. The van der Waals surface area contributed by atoms with Crippen LogP contribution in [0.15, 0.2) is 65.5 Å². The molecular weight excluding hydrogens is 412 g/mol. The number of aromatic nitrogens is 2. The number of carbonyl (C=O) groups is 1. The van der Waals surface area contributed by atoms with Gasteiger partial charge in [-0.25, -0.2) is 4.79 Å². The molecule has 33 heavy (non-hydrogen) atoms. The highest BCUT2D eigenvalue weighted by Gasteiger charge is 2.33. The lowest BCUT2D eigenvalue weighted by Crippen LogP contribution is -2.40. The lowest BCUT2D eigenvalue weighted by molar-refractivity contribution is -0.121. The van der Waals surface area contributed by atoms with Gasteiger partial charge in [-0.05, 0) is 53.3 Å². The minimum absolute atomic E-state index is 0. The van der Waals surface area contributed by atoms with Crippen molar-refractivity contribution in [2.75, 3.05) is 20.1 Å². The number of rotatable bonds is 4. The lowest BCUT2D eigenvalue weighted by Gasteiger charge is -2.36. The number of para-hydroxylation sites is 2. The Morgan fingerprint density at radius 3 is 2.48 bits per heavy atom. The van der Waals surface area contributed by atoms with Gasteiger partial charge in [0.1, 0.15) is 6.54 Å². The van der Waals surface area contributed by atoms with Crippen LogP contribution >= 0.6 is 0 Å². The fourth-order valence-electron chi connectivity index (χ4n) is 5.96. The highest BCUT2D eigenvalue weighted by Crippen LogP contribution is 2.41. The monoisotopic (exact) mass is 442 g/mol. The summed E-state index contributed by atoms with van der Waals surface area (Å²) in [7, 11) is 1.60. The van der Waals surface area contributed by atoms with Crippen LogP contribution in [0.3, 0.4) is 0 Å². The summed E-state index contributed by atoms with van der Waals surface area (Å²) >= 11 is 0. The second-order valence-electron chi connectivity index (χ2n) is 9.25. The van der Waals surface area contributed by atoms with E-state index in [1.54, 1.807) is 11.6 Å². The van der Waals surface area contributed by atoms with Crippen molar-refractivity contribution in [1.82, 2.24) is 19.4 Å². The molecule has 0 saturated carbocycles. The SMILES string of the molecule is CNC(=O)Cn1c(=O)n(C2CCN(C3Cc4cccc5cccc3c45)CC2)c2ccccc21.[HH]. The molecule has 1 amide bonds. The molecule has 1 unspecified atom stereocenters. The number of imidazole rings is 1. The molecule has 3 aromatic carbocycles. The molecule has 170 valence electrons. The van der Waals surface area contributed by atoms with Crippen molar-refractivity contribution < 1.29 is 6.22 Å². The molecule has 1 fully saturated rings. The number of piperidine rings is 1. The third-order valence-corrected chi connectivity index (χ3v) is 7.55. The van der Waals surface area contributed by atoms with Crippen molar-refractivity contribution in [2.24, 2.45) is 0 Å². The third kappa shape index (κ3) is 3.20. The zero-order valence-electron chi connectivity index (χ0n) is 18.8. The zero-order chi connectivity index (χ0) is 22.5. The number of amides is 1. The summed E-state index contributed by atoms with van der Waals surface area (Å²) in [6, 6.07) is 21.7. The van der Waals surface area contributed by atoms with E-state index in [1.807, 2.05) is 28.8 Å². The van der Waals surface area contributed by atoms with Crippen LogP contribution in [0.2, 0.25) is 0 Å². The first-order chi connectivity index (χ1) is 16.2. The van der Waals surface area contributed by atoms with Crippen molar-refractivity contribution in [2.45, 2.75) is 37.9 Å². The summed E-state index contributed by atoms with van der Waals surface area (Å²) in [5.41, 5.74) is 4.55. The number of hydrogen-bond acceptors (Lipinski definition) is 3. The van der Waals surface area contributed by atoms with Gasteiger partial charge in [-0.15, -0.1) is 0 Å². The second-order valence-corrected chi connectivity index (χ2v) is 9.25. The molecule has 6 rings (SSSR count). The Kier molecular flexibility index (Phi) is 4.84. The number of nitrogens with one attached hydrogen (secondary N) is 1. The molecule has 1 aromatic heterocycles.